The van der Waals surface area contributed by atoms with E-state index in [2.05, 4.69) is 19.9 Å². The molecule has 7 nitrogen and oxygen atoms in total. The van der Waals surface area contributed by atoms with E-state index in [1.165, 1.54) is 32.1 Å². The molecule has 2 N–H and O–H groups in total. The zero-order valence-electron chi connectivity index (χ0n) is 24.7. The van der Waals surface area contributed by atoms with Crippen molar-refractivity contribution in [2.24, 2.45) is 17.6 Å². The number of unbranched alkanes of at least 4 members (excludes halogenated alkanes) is 4. The van der Waals surface area contributed by atoms with Crippen LogP contribution in [0.3, 0.4) is 0 Å². The van der Waals surface area contributed by atoms with Gasteiger partial charge in [-0.25, -0.2) is 0 Å². The highest BCUT2D eigenvalue weighted by Gasteiger charge is 2.32. The molecule has 1 aliphatic heterocycles. The number of rotatable bonds is 13. The Morgan fingerprint density at radius 3 is 2.49 bits per heavy atom. The lowest BCUT2D eigenvalue weighted by atomic mass is 9.80. The second-order valence-corrected chi connectivity index (χ2v) is 11.2. The summed E-state index contributed by atoms with van der Waals surface area (Å²) in [6.07, 6.45) is 12.1. The van der Waals surface area contributed by atoms with Gasteiger partial charge in [0.2, 0.25) is 5.88 Å². The number of hydrogen-bond acceptors (Lipinski definition) is 7. The van der Waals surface area contributed by atoms with Crippen LogP contribution in [0.5, 0.6) is 23.0 Å². The summed E-state index contributed by atoms with van der Waals surface area (Å²) in [4.78, 5) is 13.0. The first-order chi connectivity index (χ1) is 20.0. The molecule has 2 aromatic rings. The summed E-state index contributed by atoms with van der Waals surface area (Å²) in [7, 11) is 1.61. The van der Waals surface area contributed by atoms with Crippen LogP contribution in [0.15, 0.2) is 47.9 Å². The highest BCUT2D eigenvalue weighted by atomic mass is 16.5. The molecule has 0 bridgehead atoms. The zero-order valence-corrected chi connectivity index (χ0v) is 24.7. The fourth-order valence-electron chi connectivity index (χ4n) is 5.92. The van der Waals surface area contributed by atoms with Crippen LogP contribution >= 0.6 is 0 Å². The molecule has 1 atom stereocenters. The largest absolute Gasteiger partial charge is 0.493 e. The van der Waals surface area contributed by atoms with Crippen molar-refractivity contribution < 1.29 is 23.7 Å². The average Bonchev–Trinajstić information content (AvgIpc) is 2.99. The van der Waals surface area contributed by atoms with Gasteiger partial charge in [-0.15, -0.1) is 0 Å². The average molecular weight is 561 g/mol. The van der Waals surface area contributed by atoms with Crippen LogP contribution in [0.4, 0.5) is 0 Å². The van der Waals surface area contributed by atoms with Gasteiger partial charge in [0.15, 0.2) is 11.5 Å². The maximum Gasteiger partial charge on any atom is 0.314 e. The predicted octanol–water partition coefficient (Wildman–Crippen LogP) is 7.77. The fraction of sp³-hybridized carbons (Fsp3) is 0.529. The quantitative estimate of drug-likeness (QED) is 0.152. The van der Waals surface area contributed by atoms with Crippen LogP contribution < -0.4 is 24.7 Å². The molecule has 2 aromatic carbocycles. The monoisotopic (exact) mass is 560 g/mol. The summed E-state index contributed by atoms with van der Waals surface area (Å²) >= 11 is 0. The zero-order chi connectivity index (χ0) is 29.2. The van der Waals surface area contributed by atoms with Crippen molar-refractivity contribution in [3.05, 3.63) is 59.0 Å². The minimum atomic E-state index is -0.459. The summed E-state index contributed by atoms with van der Waals surface area (Å²) in [5, 5.41) is 9.98. The first kappa shape index (κ1) is 30.3. The smallest absolute Gasteiger partial charge is 0.314 e. The number of methoxy groups -OCH3 is 1. The van der Waals surface area contributed by atoms with E-state index < -0.39 is 5.92 Å². The molecule has 0 spiro atoms. The molecule has 1 saturated carbocycles. The number of nitriles is 1. The van der Waals surface area contributed by atoms with Gasteiger partial charge in [-0.05, 0) is 61.8 Å². The lowest BCUT2D eigenvalue weighted by Gasteiger charge is -2.28. The van der Waals surface area contributed by atoms with E-state index in [4.69, 9.17) is 24.7 Å². The van der Waals surface area contributed by atoms with Gasteiger partial charge in [-0.3, -0.25) is 4.79 Å². The third-order valence-electron chi connectivity index (χ3n) is 8.33. The summed E-state index contributed by atoms with van der Waals surface area (Å²) in [6, 6.07) is 13.2. The molecule has 2 aliphatic rings. The Balaban J connectivity index is 1.49. The van der Waals surface area contributed by atoms with Gasteiger partial charge in [0.25, 0.3) is 0 Å². The highest BCUT2D eigenvalue weighted by Crippen LogP contribution is 2.45. The number of hydrogen-bond donors (Lipinski definition) is 1. The Morgan fingerprint density at radius 2 is 1.78 bits per heavy atom. The second kappa shape index (κ2) is 14.8. The van der Waals surface area contributed by atoms with Gasteiger partial charge >= 0.3 is 5.97 Å². The van der Waals surface area contributed by atoms with Crippen molar-refractivity contribution in [3.8, 4) is 29.1 Å². The highest BCUT2D eigenvalue weighted by molar-refractivity contribution is 5.75. The third-order valence-corrected chi connectivity index (χ3v) is 8.33. The van der Waals surface area contributed by atoms with Crippen molar-refractivity contribution in [2.75, 3.05) is 13.7 Å². The van der Waals surface area contributed by atoms with Gasteiger partial charge in [0, 0.05) is 11.6 Å². The van der Waals surface area contributed by atoms with Crippen molar-refractivity contribution >= 4 is 5.97 Å². The second-order valence-electron chi connectivity index (χ2n) is 11.2. The van der Waals surface area contributed by atoms with Gasteiger partial charge in [-0.2, -0.15) is 5.26 Å². The molecule has 0 radical (unpaired) electrons. The van der Waals surface area contributed by atoms with Crippen molar-refractivity contribution in [1.29, 1.82) is 5.26 Å². The normalized spacial score (nSPS) is 20.0. The van der Waals surface area contributed by atoms with E-state index in [0.717, 1.165) is 55.6 Å². The molecule has 0 saturated heterocycles. The summed E-state index contributed by atoms with van der Waals surface area (Å²) in [5.41, 5.74) is 8.14. The minimum absolute atomic E-state index is 0.0362. The first-order valence-electron chi connectivity index (χ1n) is 15.2. The first-order valence-corrected chi connectivity index (χ1v) is 15.2. The molecular weight excluding hydrogens is 516 g/mol. The molecule has 1 aliphatic carbocycles. The number of nitrogens with two attached hydrogens (primary N) is 1. The van der Waals surface area contributed by atoms with Crippen molar-refractivity contribution in [1.82, 2.24) is 0 Å². The van der Waals surface area contributed by atoms with E-state index in [-0.39, 0.29) is 17.8 Å². The molecule has 1 unspecified atom stereocenters. The Hall–Kier alpha value is -3.66. The number of esters is 1. The molecule has 4 rings (SSSR count). The molecule has 7 heteroatoms. The molecule has 0 amide bonds. The number of carbonyl (C=O) groups excluding carboxylic acids is 1. The van der Waals surface area contributed by atoms with Crippen LogP contribution in [0.25, 0.3) is 0 Å². The van der Waals surface area contributed by atoms with E-state index >= 15 is 0 Å². The van der Waals surface area contributed by atoms with Crippen LogP contribution in [-0.2, 0) is 4.79 Å². The fourth-order valence-corrected chi connectivity index (χ4v) is 5.92. The van der Waals surface area contributed by atoms with E-state index in [1.54, 1.807) is 19.2 Å². The Morgan fingerprint density at radius 1 is 1.00 bits per heavy atom. The Bertz CT molecular complexity index is 1260. The van der Waals surface area contributed by atoms with Gasteiger partial charge in [0.1, 0.15) is 23.1 Å². The van der Waals surface area contributed by atoms with Gasteiger partial charge in [-0.1, -0.05) is 64.5 Å². The number of nitrogens with zero attached hydrogens (tertiary/aromatic N) is 1. The number of carbonyl (C=O) groups is 1. The lowest BCUT2D eigenvalue weighted by Crippen LogP contribution is -2.26. The Labute approximate surface area is 244 Å². The maximum atomic E-state index is 13.0. The van der Waals surface area contributed by atoms with Crippen LogP contribution in [0, 0.1) is 23.2 Å². The third kappa shape index (κ3) is 7.55. The molecule has 0 aromatic heterocycles. The predicted molar refractivity (Wildman–Crippen MR) is 159 cm³/mol. The van der Waals surface area contributed by atoms with E-state index in [1.807, 2.05) is 24.3 Å². The molecule has 220 valence electrons. The van der Waals surface area contributed by atoms with Crippen LogP contribution in [0.2, 0.25) is 0 Å². The topological polar surface area (TPSA) is 104 Å². The van der Waals surface area contributed by atoms with E-state index in [0.29, 0.717) is 35.2 Å². The number of fused-ring (bicyclic) bond motifs is 1. The summed E-state index contributed by atoms with van der Waals surface area (Å²) < 4.78 is 23.3. The Kier molecular flexibility index (Phi) is 11.0. The number of benzene rings is 2. The van der Waals surface area contributed by atoms with Crippen LogP contribution in [0.1, 0.15) is 102 Å². The SMILES string of the molecule is CCCCCCOc1ccc(C2C(C#N)=C(N)Oc3cc(OC(=O)C4CCC(CCCC)CC4)ccc32)cc1OC. The molecule has 1 heterocycles. The van der Waals surface area contributed by atoms with Crippen molar-refractivity contribution in [2.45, 2.75) is 90.4 Å². The number of ether oxygens (including phenoxy) is 4. The van der Waals surface area contributed by atoms with Crippen LogP contribution in [-0.4, -0.2) is 19.7 Å². The lowest BCUT2D eigenvalue weighted by molar-refractivity contribution is -0.140. The summed E-state index contributed by atoms with van der Waals surface area (Å²) in [6.45, 7) is 5.02. The molecular formula is C34H44N2O5. The van der Waals surface area contributed by atoms with Crippen molar-refractivity contribution in [3.63, 3.8) is 0 Å². The maximum absolute atomic E-state index is 13.0. The van der Waals surface area contributed by atoms with Gasteiger partial charge in [0.05, 0.1) is 25.6 Å². The van der Waals surface area contributed by atoms with Gasteiger partial charge < -0.3 is 24.7 Å². The standard InChI is InChI=1S/C34H44N2O5/c1-4-6-8-9-19-39-29-18-15-25(20-31(29)38-3)32-27-17-16-26(21-30(27)41-33(36)28(32)22-35)40-34(37)24-13-11-23(12-14-24)10-7-5-2/h15-18,20-21,23-24,32H,4-14,19,36H2,1-3H3. The minimum Gasteiger partial charge on any atom is -0.493 e. The molecule has 1 fully saturated rings. The molecule has 41 heavy (non-hydrogen) atoms. The summed E-state index contributed by atoms with van der Waals surface area (Å²) in [5.74, 6) is 2.17. The van der Waals surface area contributed by atoms with E-state index in [9.17, 15) is 10.1 Å². The number of allylic oxidation sites excluding steroid dienone is 1.